The number of hydrogen-bond donors (Lipinski definition) is 0. The van der Waals surface area contributed by atoms with Gasteiger partial charge in [-0.3, -0.25) is 0 Å². The van der Waals surface area contributed by atoms with Crippen LogP contribution in [0.3, 0.4) is 0 Å². The van der Waals surface area contributed by atoms with Gasteiger partial charge in [-0.25, -0.2) is 17.8 Å². The topological polar surface area (TPSA) is 55.2 Å². The molecule has 21 heavy (non-hydrogen) atoms. The van der Waals surface area contributed by atoms with Gasteiger partial charge in [0.05, 0.1) is 6.33 Å². The third kappa shape index (κ3) is 2.95. The van der Waals surface area contributed by atoms with Crippen molar-refractivity contribution in [2.75, 3.05) is 7.05 Å². The maximum atomic E-state index is 12.9. The number of nitrogens with zero attached hydrogens (tertiary/aromatic N) is 3. The highest BCUT2D eigenvalue weighted by Gasteiger charge is 2.31. The zero-order valence-electron chi connectivity index (χ0n) is 11.8. The first-order valence-electron chi connectivity index (χ1n) is 6.15. The maximum absolute atomic E-state index is 12.9. The number of aromatic nitrogens is 2. The quantitative estimate of drug-likeness (QED) is 0.865. The van der Waals surface area contributed by atoms with Gasteiger partial charge in [0.2, 0.25) is 5.03 Å². The van der Waals surface area contributed by atoms with Gasteiger partial charge in [-0.2, -0.15) is 4.31 Å². The number of sulfonamides is 1. The zero-order valence-corrected chi connectivity index (χ0v) is 13.4. The molecule has 0 fully saturated rings. The molecule has 0 amide bonds. The summed E-state index contributed by atoms with van der Waals surface area (Å²) < 4.78 is 40.6. The average Bonchev–Trinajstić information content (AvgIpc) is 2.78. The van der Waals surface area contributed by atoms with Crippen LogP contribution >= 0.6 is 11.6 Å². The minimum Gasteiger partial charge on any atom is -0.324 e. The first kappa shape index (κ1) is 15.9. The van der Waals surface area contributed by atoms with Crippen LogP contribution in [0.1, 0.15) is 18.5 Å². The molecule has 1 aromatic carbocycles. The molecule has 0 aliphatic heterocycles. The smallest absolute Gasteiger partial charge is 0.263 e. The molecule has 0 aliphatic carbocycles. The Morgan fingerprint density at radius 2 is 1.90 bits per heavy atom. The van der Waals surface area contributed by atoms with E-state index in [4.69, 9.17) is 11.6 Å². The molecular formula is C13H15ClFN3O2S. The maximum Gasteiger partial charge on any atom is 0.263 e. The van der Waals surface area contributed by atoms with Crippen molar-refractivity contribution in [3.8, 4) is 0 Å². The van der Waals surface area contributed by atoms with Crippen molar-refractivity contribution in [3.05, 3.63) is 47.1 Å². The molecule has 1 heterocycles. The summed E-state index contributed by atoms with van der Waals surface area (Å²) in [4.78, 5) is 3.84. The van der Waals surface area contributed by atoms with E-state index in [0.717, 1.165) is 4.31 Å². The lowest BCUT2D eigenvalue weighted by atomic mass is 10.1. The lowest BCUT2D eigenvalue weighted by Crippen LogP contribution is -2.30. The molecule has 0 spiro atoms. The number of halogens is 2. The Balaban J connectivity index is 2.36. The van der Waals surface area contributed by atoms with E-state index in [9.17, 15) is 12.8 Å². The molecule has 114 valence electrons. The van der Waals surface area contributed by atoms with Gasteiger partial charge in [-0.15, -0.1) is 0 Å². The van der Waals surface area contributed by atoms with E-state index in [1.807, 2.05) is 0 Å². The predicted molar refractivity (Wildman–Crippen MR) is 78.0 cm³/mol. The first-order valence-corrected chi connectivity index (χ1v) is 7.97. The average molecular weight is 332 g/mol. The Labute approximate surface area is 128 Å². The molecule has 2 aromatic rings. The predicted octanol–water partition coefficient (Wildman–Crippen LogP) is 2.59. The Morgan fingerprint density at radius 3 is 2.38 bits per heavy atom. The minimum atomic E-state index is -3.83. The van der Waals surface area contributed by atoms with Crippen LogP contribution in [0.15, 0.2) is 35.6 Å². The molecule has 0 aliphatic rings. The van der Waals surface area contributed by atoms with Crippen molar-refractivity contribution in [2.24, 2.45) is 7.05 Å². The fraction of sp³-hybridized carbons (Fsp3) is 0.308. The van der Waals surface area contributed by atoms with Gasteiger partial charge in [0.25, 0.3) is 10.0 Å². The molecule has 0 saturated carbocycles. The van der Waals surface area contributed by atoms with Gasteiger partial charge in [0.15, 0.2) is 0 Å². The molecule has 1 atom stereocenters. The summed E-state index contributed by atoms with van der Waals surface area (Å²) in [6, 6.07) is 5.20. The lowest BCUT2D eigenvalue weighted by Gasteiger charge is -2.23. The fourth-order valence-corrected chi connectivity index (χ4v) is 3.60. The number of imidazole rings is 1. The number of hydrogen-bond acceptors (Lipinski definition) is 3. The summed E-state index contributed by atoms with van der Waals surface area (Å²) in [7, 11) is -0.783. The summed E-state index contributed by atoms with van der Waals surface area (Å²) in [5.74, 6) is -0.371. The van der Waals surface area contributed by atoms with Gasteiger partial charge in [-0.05, 0) is 24.6 Å². The number of benzene rings is 1. The second-order valence-electron chi connectivity index (χ2n) is 4.70. The van der Waals surface area contributed by atoms with E-state index in [1.54, 1.807) is 26.1 Å². The largest absolute Gasteiger partial charge is 0.324 e. The molecule has 0 unspecified atom stereocenters. The fourth-order valence-electron chi connectivity index (χ4n) is 1.86. The molecular weight excluding hydrogens is 317 g/mol. The second-order valence-corrected chi connectivity index (χ2v) is 6.97. The van der Waals surface area contributed by atoms with Gasteiger partial charge in [-0.1, -0.05) is 23.7 Å². The van der Waals surface area contributed by atoms with E-state index in [-0.39, 0.29) is 16.0 Å². The van der Waals surface area contributed by atoms with Gasteiger partial charge in [0, 0.05) is 20.1 Å². The van der Waals surface area contributed by atoms with E-state index in [1.165, 1.54) is 30.1 Å². The molecule has 0 radical (unpaired) electrons. The molecule has 0 N–H and O–H groups in total. The summed E-state index contributed by atoms with van der Waals surface area (Å²) in [5.41, 5.74) is 0.675. The van der Waals surface area contributed by atoms with Crippen LogP contribution in [0.4, 0.5) is 4.39 Å². The van der Waals surface area contributed by atoms with Crippen LogP contribution in [-0.2, 0) is 17.1 Å². The highest BCUT2D eigenvalue weighted by molar-refractivity contribution is 7.89. The lowest BCUT2D eigenvalue weighted by molar-refractivity contribution is 0.396. The summed E-state index contributed by atoms with van der Waals surface area (Å²) in [5, 5.41) is -0.142. The summed E-state index contributed by atoms with van der Waals surface area (Å²) in [6.45, 7) is 1.71. The van der Waals surface area contributed by atoms with Crippen molar-refractivity contribution < 1.29 is 12.8 Å². The Hall–Kier alpha value is -1.44. The Morgan fingerprint density at radius 1 is 1.33 bits per heavy atom. The standard InChI is InChI=1S/C13H15ClFN3O2S/c1-9(10-4-6-11(15)7-5-10)18(3)21(19,20)13-12(14)17(2)8-16-13/h4-9H,1-3H3/t9-/m1/s1. The molecule has 5 nitrogen and oxygen atoms in total. The first-order chi connectivity index (χ1) is 9.75. The van der Waals surface area contributed by atoms with Crippen LogP contribution < -0.4 is 0 Å². The third-order valence-electron chi connectivity index (χ3n) is 3.36. The third-order valence-corrected chi connectivity index (χ3v) is 5.78. The van der Waals surface area contributed by atoms with Gasteiger partial charge in [0.1, 0.15) is 11.0 Å². The number of rotatable bonds is 4. The van der Waals surface area contributed by atoms with Crippen LogP contribution in [-0.4, -0.2) is 29.3 Å². The molecule has 8 heteroatoms. The summed E-state index contributed by atoms with van der Waals surface area (Å²) in [6.07, 6.45) is 1.34. The van der Waals surface area contributed by atoms with E-state index >= 15 is 0 Å². The van der Waals surface area contributed by atoms with Crippen molar-refractivity contribution in [3.63, 3.8) is 0 Å². The van der Waals surface area contributed by atoms with Crippen molar-refractivity contribution in [1.29, 1.82) is 0 Å². The zero-order chi connectivity index (χ0) is 15.8. The monoisotopic (exact) mass is 331 g/mol. The van der Waals surface area contributed by atoms with Gasteiger partial charge >= 0.3 is 0 Å². The molecule has 1 aromatic heterocycles. The van der Waals surface area contributed by atoms with Crippen molar-refractivity contribution >= 4 is 21.6 Å². The second kappa shape index (κ2) is 5.75. The van der Waals surface area contributed by atoms with Crippen LogP contribution in [0.2, 0.25) is 5.15 Å². The van der Waals surface area contributed by atoms with Crippen LogP contribution in [0.25, 0.3) is 0 Å². The normalized spacial score (nSPS) is 13.6. The van der Waals surface area contributed by atoms with Crippen LogP contribution in [0, 0.1) is 5.82 Å². The van der Waals surface area contributed by atoms with Crippen molar-refractivity contribution in [2.45, 2.75) is 18.0 Å². The van der Waals surface area contributed by atoms with Gasteiger partial charge < -0.3 is 4.57 Å². The highest BCUT2D eigenvalue weighted by atomic mass is 35.5. The molecule has 0 saturated heterocycles. The van der Waals surface area contributed by atoms with E-state index < -0.39 is 16.1 Å². The van der Waals surface area contributed by atoms with Crippen molar-refractivity contribution in [1.82, 2.24) is 13.9 Å². The Bertz CT molecular complexity index is 743. The molecule has 2 rings (SSSR count). The SMILES string of the molecule is C[C@H](c1ccc(F)cc1)N(C)S(=O)(=O)c1ncn(C)c1Cl. The minimum absolute atomic E-state index is 0.0492. The number of aryl methyl sites for hydroxylation is 1. The van der Waals surface area contributed by atoms with Crippen LogP contribution in [0.5, 0.6) is 0 Å². The van der Waals surface area contributed by atoms with E-state index in [0.29, 0.717) is 5.56 Å². The highest BCUT2D eigenvalue weighted by Crippen LogP contribution is 2.28. The molecule has 0 bridgehead atoms. The Kier molecular flexibility index (Phi) is 4.36. The summed E-state index contributed by atoms with van der Waals surface area (Å²) >= 11 is 5.95. The van der Waals surface area contributed by atoms with E-state index in [2.05, 4.69) is 4.98 Å².